The van der Waals surface area contributed by atoms with Crippen LogP contribution >= 0.6 is 57.7 Å². The Morgan fingerprint density at radius 3 is 2.28 bits per heavy atom. The first-order valence-electron chi connectivity index (χ1n) is 7.04. The molecule has 3 nitrogen and oxygen atoms in total. The summed E-state index contributed by atoms with van der Waals surface area (Å²) in [5.41, 5.74) is 1.33. The highest BCUT2D eigenvalue weighted by atomic mass is 35.5. The molecular weight excluding hydrogens is 422 g/mol. The molecule has 0 saturated carbocycles. The summed E-state index contributed by atoms with van der Waals surface area (Å²) < 4.78 is 0. The topological polar surface area (TPSA) is 33.2 Å². The molecule has 0 spiro atoms. The summed E-state index contributed by atoms with van der Waals surface area (Å²) in [6.07, 6.45) is 1.48. The molecule has 0 saturated heterocycles. The van der Waals surface area contributed by atoms with Crippen molar-refractivity contribution >= 4 is 75.2 Å². The zero-order chi connectivity index (χ0) is 18.0. The summed E-state index contributed by atoms with van der Waals surface area (Å²) in [6.45, 7) is 0. The van der Waals surface area contributed by atoms with Gasteiger partial charge < -0.3 is 0 Å². The van der Waals surface area contributed by atoms with E-state index in [4.69, 9.17) is 46.4 Å². The van der Waals surface area contributed by atoms with Gasteiger partial charge in [0.2, 0.25) is 0 Å². The van der Waals surface area contributed by atoms with Crippen molar-refractivity contribution in [2.45, 2.75) is 5.88 Å². The molecule has 0 atom stereocenters. The Hall–Kier alpha value is -1.30. The molecule has 2 heterocycles. The van der Waals surface area contributed by atoms with E-state index in [1.54, 1.807) is 41.8 Å². The Morgan fingerprint density at radius 1 is 1.04 bits per heavy atom. The molecule has 3 aromatic rings. The van der Waals surface area contributed by atoms with Crippen molar-refractivity contribution in [3.63, 3.8) is 0 Å². The van der Waals surface area contributed by atoms with Gasteiger partial charge in [-0.15, -0.1) is 22.9 Å². The molecule has 1 aromatic carbocycles. The summed E-state index contributed by atoms with van der Waals surface area (Å²) in [5.74, 6) is 0.361. The number of aromatic nitrogens is 1. The van der Waals surface area contributed by atoms with E-state index in [1.807, 2.05) is 0 Å². The van der Waals surface area contributed by atoms with Gasteiger partial charge in [-0.05, 0) is 47.3 Å². The molecule has 0 fully saturated rings. The molecule has 0 N–H and O–H groups in total. The molecule has 25 heavy (non-hydrogen) atoms. The Labute approximate surface area is 168 Å². The number of anilines is 2. The number of halogens is 4. The van der Waals surface area contributed by atoms with Gasteiger partial charge in [-0.25, -0.2) is 4.98 Å². The molecule has 0 aliphatic heterocycles. The zero-order valence-corrected chi connectivity index (χ0v) is 16.4. The average molecular weight is 432 g/mol. The molecule has 0 aliphatic rings. The van der Waals surface area contributed by atoms with Gasteiger partial charge in [0.1, 0.15) is 10.7 Å². The predicted octanol–water partition coefficient (Wildman–Crippen LogP) is 6.82. The number of carbonyl (C=O) groups excluding carboxylic acids is 1. The van der Waals surface area contributed by atoms with Crippen LogP contribution in [-0.2, 0) is 5.88 Å². The van der Waals surface area contributed by atoms with Gasteiger partial charge in [0.15, 0.2) is 0 Å². The van der Waals surface area contributed by atoms with E-state index in [1.165, 1.54) is 22.4 Å². The highest BCUT2D eigenvalue weighted by Gasteiger charge is 2.25. The molecule has 0 bridgehead atoms. The molecule has 8 heteroatoms. The smallest absolute Gasteiger partial charge is 0.267 e. The van der Waals surface area contributed by atoms with E-state index < -0.39 is 0 Å². The second-order valence-electron chi connectivity index (χ2n) is 4.99. The van der Waals surface area contributed by atoms with Gasteiger partial charge in [-0.1, -0.05) is 34.8 Å². The maximum Gasteiger partial charge on any atom is 0.275 e. The van der Waals surface area contributed by atoms with Gasteiger partial charge in [-0.2, -0.15) is 0 Å². The van der Waals surface area contributed by atoms with Crippen molar-refractivity contribution in [3.05, 3.63) is 73.5 Å². The first-order valence-corrected chi connectivity index (χ1v) is 9.59. The first kappa shape index (κ1) is 18.5. The summed E-state index contributed by atoms with van der Waals surface area (Å²) in [6, 6.07) is 10.2. The molecule has 3 rings (SSSR count). The number of amides is 1. The third-order valence-electron chi connectivity index (χ3n) is 3.37. The van der Waals surface area contributed by atoms with E-state index in [0.717, 1.165) is 5.56 Å². The number of benzene rings is 1. The Balaban J connectivity index is 2.09. The molecule has 2 aromatic heterocycles. The van der Waals surface area contributed by atoms with E-state index in [2.05, 4.69) is 4.98 Å². The highest BCUT2D eigenvalue weighted by molar-refractivity contribution is 7.13. The Bertz CT molecular complexity index is 849. The number of hydrogen-bond acceptors (Lipinski definition) is 3. The SMILES string of the molecule is O=C(c1scc(CCl)c1Cl)N(c1ccc(Cl)cc1)c1ccc(Cl)cn1. The van der Waals surface area contributed by atoms with Crippen LogP contribution in [0.4, 0.5) is 11.5 Å². The Kier molecular flexibility index (Phi) is 5.87. The fourth-order valence-electron chi connectivity index (χ4n) is 2.16. The van der Waals surface area contributed by atoms with Crippen molar-refractivity contribution in [2.24, 2.45) is 0 Å². The van der Waals surface area contributed by atoms with Crippen molar-refractivity contribution in [2.75, 3.05) is 4.90 Å². The summed E-state index contributed by atoms with van der Waals surface area (Å²) in [4.78, 5) is 19.3. The van der Waals surface area contributed by atoms with Crippen LogP contribution in [0.15, 0.2) is 48.0 Å². The fraction of sp³-hybridized carbons (Fsp3) is 0.0588. The van der Waals surface area contributed by atoms with Crippen LogP contribution in [-0.4, -0.2) is 10.9 Å². The van der Waals surface area contributed by atoms with Crippen LogP contribution in [0.25, 0.3) is 0 Å². The van der Waals surface area contributed by atoms with Crippen molar-refractivity contribution in [3.8, 4) is 0 Å². The maximum absolute atomic E-state index is 13.2. The molecule has 128 valence electrons. The van der Waals surface area contributed by atoms with Crippen LogP contribution in [0, 0.1) is 0 Å². The van der Waals surface area contributed by atoms with E-state index in [-0.39, 0.29) is 11.8 Å². The lowest BCUT2D eigenvalue weighted by molar-refractivity contribution is 0.100. The number of nitrogens with zero attached hydrogens (tertiary/aromatic N) is 2. The van der Waals surface area contributed by atoms with Crippen LogP contribution in [0.3, 0.4) is 0 Å². The van der Waals surface area contributed by atoms with Crippen LogP contribution in [0.2, 0.25) is 15.1 Å². The summed E-state index contributed by atoms with van der Waals surface area (Å²) in [7, 11) is 0. The van der Waals surface area contributed by atoms with Crippen LogP contribution in [0.5, 0.6) is 0 Å². The highest BCUT2D eigenvalue weighted by Crippen LogP contribution is 2.34. The van der Waals surface area contributed by atoms with Crippen LogP contribution in [0.1, 0.15) is 15.2 Å². The van der Waals surface area contributed by atoms with Crippen molar-refractivity contribution < 1.29 is 4.79 Å². The second kappa shape index (κ2) is 7.94. The lowest BCUT2D eigenvalue weighted by Gasteiger charge is -2.21. The largest absolute Gasteiger partial charge is 0.275 e. The average Bonchev–Trinajstić information content (AvgIpc) is 2.99. The standard InChI is InChI=1S/C17H10Cl4N2OS/c18-7-10-9-25-16(15(10)21)17(24)23(13-4-1-11(19)2-5-13)14-6-3-12(20)8-22-14/h1-6,8-9H,7H2. The Morgan fingerprint density at radius 2 is 1.72 bits per heavy atom. The van der Waals surface area contributed by atoms with E-state index in [9.17, 15) is 4.79 Å². The molecular formula is C17H10Cl4N2OS. The number of alkyl halides is 1. The number of carbonyl (C=O) groups is 1. The second-order valence-corrected chi connectivity index (χ2v) is 7.39. The van der Waals surface area contributed by atoms with Gasteiger partial charge in [0.05, 0.1) is 15.7 Å². The predicted molar refractivity (Wildman–Crippen MR) is 106 cm³/mol. The minimum atomic E-state index is -0.302. The normalized spacial score (nSPS) is 10.7. The lowest BCUT2D eigenvalue weighted by atomic mass is 10.2. The monoisotopic (exact) mass is 430 g/mol. The quantitative estimate of drug-likeness (QED) is 0.424. The maximum atomic E-state index is 13.2. The van der Waals surface area contributed by atoms with Crippen molar-refractivity contribution in [1.29, 1.82) is 0 Å². The third-order valence-corrected chi connectivity index (χ3v) is 5.69. The summed E-state index contributed by atoms with van der Waals surface area (Å²) in [5, 5.41) is 3.18. The third kappa shape index (κ3) is 3.94. The first-order chi connectivity index (χ1) is 12.0. The van der Waals surface area contributed by atoms with Gasteiger partial charge in [0.25, 0.3) is 5.91 Å². The van der Waals surface area contributed by atoms with Crippen LogP contribution < -0.4 is 4.90 Å². The minimum Gasteiger partial charge on any atom is -0.267 e. The molecule has 1 amide bonds. The van der Waals surface area contributed by atoms with E-state index in [0.29, 0.717) is 31.5 Å². The number of pyridine rings is 1. The minimum absolute atomic E-state index is 0.239. The molecule has 0 aliphatic carbocycles. The number of hydrogen-bond donors (Lipinski definition) is 0. The van der Waals surface area contributed by atoms with Gasteiger partial charge in [-0.3, -0.25) is 9.69 Å². The summed E-state index contributed by atoms with van der Waals surface area (Å²) >= 11 is 25.3. The zero-order valence-electron chi connectivity index (χ0n) is 12.5. The van der Waals surface area contributed by atoms with Crippen molar-refractivity contribution in [1.82, 2.24) is 4.98 Å². The molecule has 0 unspecified atom stereocenters. The fourth-order valence-corrected chi connectivity index (χ4v) is 4.06. The van der Waals surface area contributed by atoms with Gasteiger partial charge in [0, 0.05) is 17.1 Å². The molecule has 0 radical (unpaired) electrons. The number of thiophene rings is 1. The lowest BCUT2D eigenvalue weighted by Crippen LogP contribution is -2.26. The van der Waals surface area contributed by atoms with E-state index >= 15 is 0 Å². The number of rotatable bonds is 4. The van der Waals surface area contributed by atoms with Gasteiger partial charge >= 0.3 is 0 Å².